The second-order valence-electron chi connectivity index (χ2n) is 6.81. The normalized spacial score (nSPS) is 24.2. The number of aromatic nitrogens is 2. The topological polar surface area (TPSA) is 205 Å². The molecule has 0 bridgehead atoms. The van der Waals surface area contributed by atoms with Gasteiger partial charge in [-0.05, 0) is 19.8 Å². The molecule has 1 aromatic rings. The van der Waals surface area contributed by atoms with E-state index >= 15 is 0 Å². The zero-order chi connectivity index (χ0) is 24.9. The van der Waals surface area contributed by atoms with Crippen molar-refractivity contribution < 1.29 is 59.9 Å². The molecule has 0 amide bonds. The van der Waals surface area contributed by atoms with Crippen molar-refractivity contribution in [3.63, 3.8) is 0 Å². The Morgan fingerprint density at radius 3 is 2.22 bits per heavy atom. The summed E-state index contributed by atoms with van der Waals surface area (Å²) in [6.07, 6.45) is -3.70. The molecule has 4 atom stereocenters. The molecule has 20 heteroatoms. The molecule has 5 N–H and O–H groups in total. The maximum atomic E-state index is 14.3. The summed E-state index contributed by atoms with van der Waals surface area (Å²) in [6.45, 7) is 1.34. The fraction of sp³-hybridized carbons (Fsp3) is 0.667. The smallest absolute Gasteiger partial charge is 0.354 e. The van der Waals surface area contributed by atoms with E-state index in [-0.39, 0.29) is 18.4 Å². The number of nitrogens with one attached hydrogen (secondary N) is 1. The van der Waals surface area contributed by atoms with Crippen molar-refractivity contribution in [3.05, 3.63) is 32.6 Å². The maximum Gasteiger partial charge on any atom is 0.444 e. The van der Waals surface area contributed by atoms with Crippen molar-refractivity contribution in [1.82, 2.24) is 9.55 Å². The van der Waals surface area contributed by atoms with Crippen molar-refractivity contribution in [1.29, 1.82) is 0 Å². The predicted molar refractivity (Wildman–Crippen MR) is 96.5 cm³/mol. The van der Waals surface area contributed by atoms with Gasteiger partial charge in [-0.1, -0.05) is 0 Å². The van der Waals surface area contributed by atoms with E-state index in [1.807, 2.05) is 4.98 Å². The average molecular weight is 534 g/mol. The minimum Gasteiger partial charge on any atom is -0.354 e. The number of nitrogens with zero attached hydrogens (tertiary/aromatic N) is 1. The largest absolute Gasteiger partial charge is 0.444 e. The van der Waals surface area contributed by atoms with Crippen LogP contribution in [0, 0.1) is 6.92 Å². The Kier molecular flexibility index (Phi) is 7.26. The predicted octanol–water partition coefficient (Wildman–Crippen LogP) is 1.62. The van der Waals surface area contributed by atoms with Crippen molar-refractivity contribution >= 4 is 22.8 Å². The Balaban J connectivity index is 2.19. The molecular formula is C12H17F4N2O11P3. The van der Waals surface area contributed by atoms with Crippen LogP contribution in [0.3, 0.4) is 0 Å². The number of alkyl halides is 4. The summed E-state index contributed by atoms with van der Waals surface area (Å²) in [6, 6.07) is 0. The molecule has 1 aromatic heterocycles. The van der Waals surface area contributed by atoms with Crippen LogP contribution < -0.4 is 11.2 Å². The van der Waals surface area contributed by atoms with Crippen LogP contribution in [-0.4, -0.2) is 46.3 Å². The number of hydrogen-bond acceptors (Lipinski definition) is 7. The molecule has 13 nitrogen and oxygen atoms in total. The molecule has 184 valence electrons. The highest BCUT2D eigenvalue weighted by atomic mass is 31.3. The molecule has 0 saturated carbocycles. The molecule has 2 unspecified atom stereocenters. The zero-order valence-electron chi connectivity index (χ0n) is 15.8. The summed E-state index contributed by atoms with van der Waals surface area (Å²) >= 11 is 0. The van der Waals surface area contributed by atoms with Gasteiger partial charge in [0.15, 0.2) is 0 Å². The van der Waals surface area contributed by atoms with E-state index in [1.165, 1.54) is 6.92 Å². The van der Waals surface area contributed by atoms with Crippen LogP contribution >= 0.6 is 22.8 Å². The van der Waals surface area contributed by atoms with E-state index in [0.717, 1.165) is 10.8 Å². The SMILES string of the molecule is Cc1cn([C@H]2CC[C@@H](CC(F)(F)P(=O)(O)OP(=O)(O)C(F)(F)P(=O)(O)O)O2)c(=O)[nH]c1=O. The number of H-pyrrole nitrogens is 1. The monoisotopic (exact) mass is 534 g/mol. The van der Waals surface area contributed by atoms with Gasteiger partial charge in [-0.25, -0.2) is 9.11 Å². The summed E-state index contributed by atoms with van der Waals surface area (Å²) in [4.78, 5) is 60.4. The Bertz CT molecular complexity index is 1150. The van der Waals surface area contributed by atoms with Gasteiger partial charge in [0.2, 0.25) is 0 Å². The third kappa shape index (κ3) is 5.16. The van der Waals surface area contributed by atoms with Crippen molar-refractivity contribution in [2.45, 2.75) is 49.6 Å². The number of aromatic amines is 1. The molecule has 0 spiro atoms. The molecule has 2 rings (SSSR count). The van der Waals surface area contributed by atoms with Crippen LogP contribution in [0.4, 0.5) is 17.6 Å². The van der Waals surface area contributed by atoms with Gasteiger partial charge in [-0.3, -0.25) is 28.0 Å². The molecule has 0 aromatic carbocycles. The Labute approximate surface area is 175 Å². The van der Waals surface area contributed by atoms with E-state index < -0.39 is 63.9 Å². The van der Waals surface area contributed by atoms with Crippen LogP contribution in [0.5, 0.6) is 0 Å². The Hall–Kier alpha value is -1.15. The average Bonchev–Trinajstić information content (AvgIpc) is 3.03. The Morgan fingerprint density at radius 2 is 1.69 bits per heavy atom. The minimum absolute atomic E-state index is 0.0833. The molecule has 1 aliphatic heterocycles. The third-order valence-electron chi connectivity index (χ3n) is 4.34. The lowest BCUT2D eigenvalue weighted by Gasteiger charge is -2.28. The highest BCUT2D eigenvalue weighted by Gasteiger charge is 2.69. The molecular weight excluding hydrogens is 517 g/mol. The third-order valence-corrected chi connectivity index (χ3v) is 10.0. The van der Waals surface area contributed by atoms with Gasteiger partial charge in [0.1, 0.15) is 6.23 Å². The fourth-order valence-electron chi connectivity index (χ4n) is 2.65. The first-order valence-electron chi connectivity index (χ1n) is 8.38. The fourth-order valence-corrected chi connectivity index (χ4v) is 6.81. The van der Waals surface area contributed by atoms with Gasteiger partial charge in [0.05, 0.1) is 6.10 Å². The number of ether oxygens (including phenoxy) is 1. The van der Waals surface area contributed by atoms with Crippen LogP contribution in [-0.2, 0) is 22.7 Å². The first kappa shape index (κ1) is 27.1. The van der Waals surface area contributed by atoms with Crippen LogP contribution in [0.2, 0.25) is 0 Å². The summed E-state index contributed by atoms with van der Waals surface area (Å²) < 4.78 is 98.5. The van der Waals surface area contributed by atoms with E-state index in [0.29, 0.717) is 0 Å². The zero-order valence-corrected chi connectivity index (χ0v) is 18.5. The molecule has 0 aliphatic carbocycles. The molecule has 32 heavy (non-hydrogen) atoms. The van der Waals surface area contributed by atoms with Gasteiger partial charge in [0, 0.05) is 18.2 Å². The maximum absolute atomic E-state index is 14.3. The molecule has 1 saturated heterocycles. The Morgan fingerprint density at radius 1 is 1.12 bits per heavy atom. The van der Waals surface area contributed by atoms with Crippen LogP contribution in [0.25, 0.3) is 0 Å². The van der Waals surface area contributed by atoms with Gasteiger partial charge < -0.3 is 24.3 Å². The number of halogens is 4. The van der Waals surface area contributed by atoms with Crippen molar-refractivity contribution in [2.75, 3.05) is 0 Å². The quantitative estimate of drug-likeness (QED) is 0.239. The summed E-state index contributed by atoms with van der Waals surface area (Å²) in [7, 11) is -20.5. The summed E-state index contributed by atoms with van der Waals surface area (Å²) in [5.74, 6) is 0. The number of hydrogen-bond donors (Lipinski definition) is 5. The van der Waals surface area contributed by atoms with Crippen LogP contribution in [0.15, 0.2) is 15.8 Å². The lowest BCUT2D eigenvalue weighted by Crippen LogP contribution is -2.33. The summed E-state index contributed by atoms with van der Waals surface area (Å²) in [5.41, 5.74) is -6.52. The van der Waals surface area contributed by atoms with Crippen molar-refractivity contribution in [3.8, 4) is 0 Å². The van der Waals surface area contributed by atoms with Crippen molar-refractivity contribution in [2.24, 2.45) is 0 Å². The highest BCUT2D eigenvalue weighted by Crippen LogP contribution is 2.79. The van der Waals surface area contributed by atoms with E-state index in [2.05, 4.69) is 4.31 Å². The number of rotatable bonds is 8. The molecule has 0 radical (unpaired) electrons. The van der Waals surface area contributed by atoms with Gasteiger partial charge >= 0.3 is 39.5 Å². The second-order valence-corrected chi connectivity index (χ2v) is 12.8. The molecule has 1 aliphatic rings. The van der Waals surface area contributed by atoms with E-state index in [1.54, 1.807) is 0 Å². The van der Waals surface area contributed by atoms with Crippen LogP contribution in [0.1, 0.15) is 31.1 Å². The van der Waals surface area contributed by atoms with Gasteiger partial charge in [0.25, 0.3) is 5.56 Å². The first-order valence-corrected chi connectivity index (χ1v) is 13.1. The van der Waals surface area contributed by atoms with Gasteiger partial charge in [-0.2, -0.15) is 17.6 Å². The van der Waals surface area contributed by atoms with Gasteiger partial charge in [-0.15, -0.1) is 0 Å². The standard InChI is InChI=1S/C12H17F4N2O11P3/c1-6-5-18(10(20)17-9(6)19)8-3-2-7(28-8)4-11(13,14)31(24,25)29-32(26,27)12(15,16)30(21,22)23/h5,7-8H,2-4H2,1H3,(H,24,25)(H,26,27)(H,17,19,20)(H2,21,22,23)/t7-,8+/m0/s1. The first-order chi connectivity index (χ1) is 14.2. The molecule has 2 heterocycles. The second kappa shape index (κ2) is 8.57. The number of aryl methyl sites for hydroxylation is 1. The molecule has 1 fully saturated rings. The summed E-state index contributed by atoms with van der Waals surface area (Å²) in [5, 5.41) is -5.94. The van der Waals surface area contributed by atoms with E-state index in [4.69, 9.17) is 19.4 Å². The minimum atomic E-state index is -7.07. The lowest BCUT2D eigenvalue weighted by molar-refractivity contribution is -0.0485. The highest BCUT2D eigenvalue weighted by molar-refractivity contribution is 7.76. The lowest BCUT2D eigenvalue weighted by atomic mass is 10.2. The van der Waals surface area contributed by atoms with E-state index in [9.17, 15) is 45.7 Å².